The third-order valence-electron chi connectivity index (χ3n) is 6.21. The van der Waals surface area contributed by atoms with Gasteiger partial charge in [-0.1, -0.05) is 36.0 Å². The first-order valence-corrected chi connectivity index (χ1v) is 12.4. The van der Waals surface area contributed by atoms with E-state index in [9.17, 15) is 34.5 Å². The number of carbonyl (C=O) groups excluding carboxylic acids is 3. The van der Waals surface area contributed by atoms with Gasteiger partial charge in [0.25, 0.3) is 0 Å². The molecule has 10 nitrogen and oxygen atoms in total. The Bertz CT molecular complexity index is 1290. The van der Waals surface area contributed by atoms with Gasteiger partial charge in [0.05, 0.1) is 18.6 Å². The number of nitrogens with one attached hydrogen (secondary N) is 2. The normalized spacial score (nSPS) is 19.1. The molecule has 2 heterocycles. The van der Waals surface area contributed by atoms with Crippen molar-refractivity contribution < 1.29 is 34.5 Å². The van der Waals surface area contributed by atoms with E-state index in [0.717, 1.165) is 0 Å². The molecular weight excluding hydrogens is 577 g/mol. The first kappa shape index (κ1) is 34.8. The van der Waals surface area contributed by atoms with Crippen molar-refractivity contribution in [2.24, 2.45) is 0 Å². The van der Waals surface area contributed by atoms with Crippen molar-refractivity contribution in [3.63, 3.8) is 0 Å². The molecule has 2 aliphatic heterocycles. The molecule has 2 aromatic carbocycles. The molecule has 0 radical (unpaired) electrons. The molecule has 39 heavy (non-hydrogen) atoms. The van der Waals surface area contributed by atoms with E-state index in [1.807, 2.05) is 0 Å². The van der Waals surface area contributed by atoms with Crippen LogP contribution in [0.4, 0.5) is 11.4 Å². The average molecular weight is 606 g/mol. The van der Waals surface area contributed by atoms with Gasteiger partial charge in [-0.05, 0) is 35.4 Å². The Morgan fingerprint density at radius 2 is 1.36 bits per heavy atom. The van der Waals surface area contributed by atoms with Gasteiger partial charge in [0.1, 0.15) is 10.6 Å². The van der Waals surface area contributed by atoms with Gasteiger partial charge in [-0.2, -0.15) is 0 Å². The molecule has 3 amide bonds. The maximum absolute atomic E-state index is 12.5. The molecule has 1 fully saturated rings. The fourth-order valence-corrected chi connectivity index (χ4v) is 6.29. The number of nitrogens with zero attached hydrogens (tertiary/aromatic N) is 1. The number of carboxylic acid groups (broad SMARTS) is 1. The van der Waals surface area contributed by atoms with E-state index >= 15 is 0 Å². The van der Waals surface area contributed by atoms with Gasteiger partial charge in [-0.25, -0.2) is 4.79 Å². The van der Waals surface area contributed by atoms with Crippen molar-refractivity contribution in [2.45, 2.75) is 50.2 Å². The number of β-lactam (4-membered cyclic amide) rings is 1. The third kappa shape index (κ3) is 8.12. The van der Waals surface area contributed by atoms with Crippen LogP contribution in [0.1, 0.15) is 56.4 Å². The van der Waals surface area contributed by atoms with Crippen LogP contribution in [-0.4, -0.2) is 152 Å². The van der Waals surface area contributed by atoms with E-state index in [1.165, 1.54) is 30.5 Å². The Kier molecular flexibility index (Phi) is 13.1. The minimum atomic E-state index is -1.28. The zero-order valence-electron chi connectivity index (χ0n) is 20.2. The van der Waals surface area contributed by atoms with Crippen LogP contribution in [0.5, 0.6) is 0 Å². The molecule has 1 unspecified atom stereocenters. The molecule has 13 heteroatoms. The van der Waals surface area contributed by atoms with Gasteiger partial charge in [-0.3, -0.25) is 19.3 Å². The topological polar surface area (TPSA) is 156 Å². The van der Waals surface area contributed by atoms with Gasteiger partial charge < -0.3 is 26.0 Å². The van der Waals surface area contributed by atoms with Gasteiger partial charge in [0, 0.05) is 43.0 Å². The molecule has 2 aromatic rings. The van der Waals surface area contributed by atoms with E-state index in [0.29, 0.717) is 27.4 Å². The predicted octanol–water partition coefficient (Wildman–Crippen LogP) is 1.83. The number of aliphatic hydroxyl groups excluding tert-OH is 2. The zero-order valence-corrected chi connectivity index (χ0v) is 21.0. The maximum atomic E-state index is 12.5. The van der Waals surface area contributed by atoms with Gasteiger partial charge in [0.2, 0.25) is 17.7 Å². The SMILES string of the molecule is CC(=O)Nc1ccc([C@@H](O)CC2=C(C(=O)O)N3C(=O)CC3(C[C@H](O)c3ccc(NC(C)=O)cc3)S2)cc1.[KH].[KH]. The summed E-state index contributed by atoms with van der Waals surface area (Å²) < 4.78 is 0. The predicted molar refractivity (Wildman–Crippen MR) is 151 cm³/mol. The Balaban J connectivity index is 0.00000267. The summed E-state index contributed by atoms with van der Waals surface area (Å²) in [4.78, 5) is 47.7. The first-order chi connectivity index (χ1) is 17.5. The molecule has 0 aromatic heterocycles. The van der Waals surface area contributed by atoms with Crippen LogP contribution in [0.15, 0.2) is 59.1 Å². The first-order valence-electron chi connectivity index (χ1n) is 11.6. The Morgan fingerprint density at radius 3 is 1.77 bits per heavy atom. The van der Waals surface area contributed by atoms with Crippen LogP contribution in [0.2, 0.25) is 0 Å². The number of aliphatic carboxylic acids is 1. The Labute approximate surface area is 315 Å². The van der Waals surface area contributed by atoms with E-state index in [2.05, 4.69) is 10.6 Å². The number of amides is 3. The summed E-state index contributed by atoms with van der Waals surface area (Å²) in [6.07, 6.45) is -1.92. The van der Waals surface area contributed by atoms with Crippen molar-refractivity contribution in [3.05, 3.63) is 70.3 Å². The summed E-state index contributed by atoms with van der Waals surface area (Å²) in [7, 11) is 0. The van der Waals surface area contributed by atoms with E-state index < -0.39 is 23.0 Å². The van der Waals surface area contributed by atoms with Crippen LogP contribution in [-0.2, 0) is 19.2 Å². The molecule has 0 saturated carbocycles. The number of aliphatic hydroxyl groups is 2. The van der Waals surface area contributed by atoms with E-state index in [1.54, 1.807) is 48.5 Å². The average Bonchev–Trinajstić information content (AvgIpc) is 3.06. The third-order valence-corrected chi connectivity index (χ3v) is 7.69. The number of thioether (sulfide) groups is 1. The fourth-order valence-electron chi connectivity index (χ4n) is 4.60. The van der Waals surface area contributed by atoms with Gasteiger partial charge >= 0.3 is 109 Å². The number of hydrogen-bond acceptors (Lipinski definition) is 7. The molecule has 0 aliphatic carbocycles. The second kappa shape index (κ2) is 14.7. The Hall–Kier alpha value is -0.397. The number of anilines is 2. The van der Waals surface area contributed by atoms with Crippen molar-refractivity contribution in [2.75, 3.05) is 10.6 Å². The molecular formula is C26H29K2N3O7S. The molecule has 0 bridgehead atoms. The summed E-state index contributed by atoms with van der Waals surface area (Å²) in [6, 6.07) is 13.2. The van der Waals surface area contributed by atoms with Crippen LogP contribution in [0.25, 0.3) is 0 Å². The van der Waals surface area contributed by atoms with Crippen LogP contribution < -0.4 is 10.6 Å². The molecule has 1 saturated heterocycles. The number of carboxylic acids is 1. The van der Waals surface area contributed by atoms with E-state index in [4.69, 9.17) is 0 Å². The van der Waals surface area contributed by atoms with E-state index in [-0.39, 0.29) is 145 Å². The zero-order chi connectivity index (χ0) is 26.9. The summed E-state index contributed by atoms with van der Waals surface area (Å²) in [6.45, 7) is 2.78. The molecule has 0 spiro atoms. The van der Waals surface area contributed by atoms with Crippen LogP contribution in [0.3, 0.4) is 0 Å². The summed E-state index contributed by atoms with van der Waals surface area (Å²) >= 11 is 1.19. The van der Waals surface area contributed by atoms with Crippen molar-refractivity contribution >= 4 is 150 Å². The fraction of sp³-hybridized carbons (Fsp3) is 0.308. The van der Waals surface area contributed by atoms with Gasteiger partial charge in [0.15, 0.2) is 0 Å². The Morgan fingerprint density at radius 1 is 0.897 bits per heavy atom. The summed E-state index contributed by atoms with van der Waals surface area (Å²) in [5.74, 6) is -2.08. The number of hydrogen-bond donors (Lipinski definition) is 5. The molecule has 4 rings (SSSR count). The number of fused-ring (bicyclic) bond motifs is 1. The minimum absolute atomic E-state index is 0. The molecule has 198 valence electrons. The number of carbonyl (C=O) groups is 4. The van der Waals surface area contributed by atoms with Crippen molar-refractivity contribution in [1.29, 1.82) is 0 Å². The monoisotopic (exact) mass is 605 g/mol. The van der Waals surface area contributed by atoms with Crippen LogP contribution >= 0.6 is 11.8 Å². The summed E-state index contributed by atoms with van der Waals surface area (Å²) in [5, 5.41) is 37.0. The standard InChI is InChI=1S/C26H27N3O7S.2K.2H/c1-14(30)27-18-7-3-16(4-8-18)20(32)11-22-24(25(35)36)29-23(34)13-26(29,37-22)12-21(33)17-5-9-19(10-6-17)28-15(2)31;;;;/h3-10,20-21,32-33H,11-13H2,1-2H3,(H,27,30)(H,28,31)(H,35,36);;;;/t20-,21-,26?;;;;/m0..../s1. The second-order valence-electron chi connectivity index (χ2n) is 9.08. The quantitative estimate of drug-likeness (QED) is 0.214. The molecule has 3 atom stereocenters. The summed E-state index contributed by atoms with van der Waals surface area (Å²) in [5.41, 5.74) is 2.06. The number of benzene rings is 2. The molecule has 5 N–H and O–H groups in total. The van der Waals surface area contributed by atoms with Crippen molar-refractivity contribution in [1.82, 2.24) is 4.90 Å². The van der Waals surface area contributed by atoms with Gasteiger partial charge in [-0.15, -0.1) is 0 Å². The second-order valence-corrected chi connectivity index (χ2v) is 10.5. The molecule has 2 aliphatic rings. The number of rotatable bonds is 9. The van der Waals surface area contributed by atoms with Crippen molar-refractivity contribution in [3.8, 4) is 0 Å². The van der Waals surface area contributed by atoms with Crippen LogP contribution in [0, 0.1) is 0 Å².